The molecule has 2 aliphatic rings. The molecular weight excluding hydrogens is 358 g/mol. The van der Waals surface area contributed by atoms with Crippen molar-refractivity contribution < 1.29 is 4.79 Å². The fourth-order valence-electron chi connectivity index (χ4n) is 4.38. The molecule has 0 atom stereocenters. The van der Waals surface area contributed by atoms with Crippen molar-refractivity contribution in [3.63, 3.8) is 0 Å². The third kappa shape index (κ3) is 3.33. The van der Waals surface area contributed by atoms with Crippen LogP contribution in [0.2, 0.25) is 0 Å². The van der Waals surface area contributed by atoms with E-state index in [9.17, 15) is 10.1 Å². The molecule has 27 heavy (non-hydrogen) atoms. The maximum atomic E-state index is 12.6. The zero-order valence-electron chi connectivity index (χ0n) is 15.5. The van der Waals surface area contributed by atoms with E-state index in [1.54, 1.807) is 4.90 Å². The molecule has 0 spiro atoms. The number of aryl methyl sites for hydroxylation is 4. The van der Waals surface area contributed by atoms with Crippen molar-refractivity contribution in [1.29, 1.82) is 5.26 Å². The molecule has 0 bridgehead atoms. The molecule has 0 fully saturated rings. The Morgan fingerprint density at radius 2 is 1.96 bits per heavy atom. The number of amides is 1. The van der Waals surface area contributed by atoms with Crippen LogP contribution in [0.3, 0.4) is 0 Å². The predicted molar refractivity (Wildman–Crippen MR) is 106 cm³/mol. The summed E-state index contributed by atoms with van der Waals surface area (Å²) in [5, 5.41) is 9.63. The first-order valence-corrected chi connectivity index (χ1v) is 10.0. The van der Waals surface area contributed by atoms with Crippen LogP contribution in [0.25, 0.3) is 0 Å². The maximum absolute atomic E-state index is 12.6. The number of nitriles is 1. The fourth-order valence-corrected chi connectivity index (χ4v) is 4.53. The highest BCUT2D eigenvalue weighted by Crippen LogP contribution is 2.30. The second-order valence-electron chi connectivity index (χ2n) is 7.45. The summed E-state index contributed by atoms with van der Waals surface area (Å²) in [5.41, 5.74) is 7.75. The van der Waals surface area contributed by atoms with Gasteiger partial charge in [0.25, 0.3) is 0 Å². The molecule has 1 heterocycles. The second kappa shape index (κ2) is 7.32. The van der Waals surface area contributed by atoms with Gasteiger partial charge in [-0.2, -0.15) is 5.26 Å². The number of aromatic nitrogens is 1. The average Bonchev–Trinajstić information content (AvgIpc) is 3.33. The van der Waals surface area contributed by atoms with E-state index in [1.807, 2.05) is 6.07 Å². The first-order valence-electron chi connectivity index (χ1n) is 9.51. The zero-order valence-corrected chi connectivity index (χ0v) is 16.3. The summed E-state index contributed by atoms with van der Waals surface area (Å²) in [7, 11) is 0. The van der Waals surface area contributed by atoms with Crippen molar-refractivity contribution in [3.8, 4) is 6.07 Å². The first kappa shape index (κ1) is 18.0. The Balaban J connectivity index is 1.75. The van der Waals surface area contributed by atoms with Gasteiger partial charge >= 0.3 is 0 Å². The van der Waals surface area contributed by atoms with E-state index in [0.29, 0.717) is 17.9 Å². The van der Waals surface area contributed by atoms with Crippen molar-refractivity contribution in [1.82, 2.24) is 4.98 Å². The molecule has 0 saturated heterocycles. The molecular formula is C22H22ClN3O. The third-order valence-electron chi connectivity index (χ3n) is 5.66. The largest absolute Gasteiger partial charge is 0.290 e. The van der Waals surface area contributed by atoms with Gasteiger partial charge in [0.05, 0.1) is 12.1 Å². The van der Waals surface area contributed by atoms with Crippen molar-refractivity contribution >= 4 is 23.3 Å². The summed E-state index contributed by atoms with van der Waals surface area (Å²) < 4.78 is 0. The minimum absolute atomic E-state index is 0.131. The van der Waals surface area contributed by atoms with Gasteiger partial charge < -0.3 is 0 Å². The molecule has 0 unspecified atom stereocenters. The number of hydrogen-bond acceptors (Lipinski definition) is 3. The molecule has 1 amide bonds. The van der Waals surface area contributed by atoms with Gasteiger partial charge in [0.2, 0.25) is 5.91 Å². The lowest BCUT2D eigenvalue weighted by atomic mass is 10.00. The number of pyridine rings is 1. The van der Waals surface area contributed by atoms with E-state index >= 15 is 0 Å². The minimum atomic E-state index is -0.225. The van der Waals surface area contributed by atoms with Gasteiger partial charge in [0.1, 0.15) is 11.9 Å². The van der Waals surface area contributed by atoms with Crippen molar-refractivity contribution in [2.75, 3.05) is 10.8 Å². The Kier molecular flexibility index (Phi) is 4.88. The number of carbonyl (C=O) groups is 1. The lowest BCUT2D eigenvalue weighted by Crippen LogP contribution is -2.33. The number of benzene rings is 1. The van der Waals surface area contributed by atoms with Gasteiger partial charge in [-0.15, -0.1) is 11.6 Å². The molecule has 1 aromatic carbocycles. The number of rotatable bonds is 4. The summed E-state index contributed by atoms with van der Waals surface area (Å²) in [6, 6.07) is 8.47. The Morgan fingerprint density at radius 3 is 2.74 bits per heavy atom. The van der Waals surface area contributed by atoms with Crippen LogP contribution >= 0.6 is 11.6 Å². The topological polar surface area (TPSA) is 57.0 Å². The Labute approximate surface area is 164 Å². The van der Waals surface area contributed by atoms with Crippen LogP contribution in [0, 0.1) is 18.3 Å². The van der Waals surface area contributed by atoms with Crippen LogP contribution < -0.4 is 4.90 Å². The minimum Gasteiger partial charge on any atom is -0.290 e. The van der Waals surface area contributed by atoms with Crippen LogP contribution in [-0.2, 0) is 37.0 Å². The molecule has 0 aliphatic heterocycles. The normalized spacial score (nSPS) is 14.6. The molecule has 4 rings (SSSR count). The highest BCUT2D eigenvalue weighted by Gasteiger charge is 2.25. The van der Waals surface area contributed by atoms with Crippen molar-refractivity contribution in [2.24, 2.45) is 0 Å². The summed E-state index contributed by atoms with van der Waals surface area (Å²) >= 11 is 5.90. The summed E-state index contributed by atoms with van der Waals surface area (Å²) in [4.78, 5) is 18.9. The van der Waals surface area contributed by atoms with E-state index in [2.05, 4.69) is 25.1 Å². The van der Waals surface area contributed by atoms with Crippen LogP contribution in [0.1, 0.15) is 51.9 Å². The Bertz CT molecular complexity index is 961. The molecule has 5 heteroatoms. The molecule has 0 radical (unpaired) electrons. The Morgan fingerprint density at radius 1 is 1.19 bits per heavy atom. The van der Waals surface area contributed by atoms with E-state index in [4.69, 9.17) is 16.6 Å². The summed E-state index contributed by atoms with van der Waals surface area (Å²) in [6.45, 7) is 2.52. The van der Waals surface area contributed by atoms with E-state index in [-0.39, 0.29) is 11.8 Å². The highest BCUT2D eigenvalue weighted by atomic mass is 35.5. The lowest BCUT2D eigenvalue weighted by molar-refractivity contribution is -0.116. The van der Waals surface area contributed by atoms with E-state index in [1.165, 1.54) is 23.1 Å². The monoisotopic (exact) mass is 379 g/mol. The summed E-state index contributed by atoms with van der Waals surface area (Å²) in [6.07, 6.45) is 6.31. The van der Waals surface area contributed by atoms with Crippen LogP contribution in [0.5, 0.6) is 0 Å². The number of hydrogen-bond donors (Lipinski definition) is 0. The van der Waals surface area contributed by atoms with E-state index in [0.717, 1.165) is 48.9 Å². The first-order chi connectivity index (χ1) is 13.1. The van der Waals surface area contributed by atoms with Crippen molar-refractivity contribution in [2.45, 2.75) is 52.0 Å². The number of halogens is 1. The number of anilines is 1. The van der Waals surface area contributed by atoms with Gasteiger partial charge in [-0.1, -0.05) is 12.1 Å². The number of fused-ring (bicyclic) bond motifs is 2. The molecule has 2 aliphatic carbocycles. The van der Waals surface area contributed by atoms with Crippen LogP contribution in [-0.4, -0.2) is 16.8 Å². The molecule has 4 nitrogen and oxygen atoms in total. The average molecular weight is 380 g/mol. The zero-order chi connectivity index (χ0) is 19.0. The van der Waals surface area contributed by atoms with Crippen molar-refractivity contribution in [3.05, 3.63) is 57.3 Å². The fraction of sp³-hybridized carbons (Fsp3) is 0.409. The second-order valence-corrected chi connectivity index (χ2v) is 7.72. The van der Waals surface area contributed by atoms with Crippen LogP contribution in [0.4, 0.5) is 5.82 Å². The lowest BCUT2D eigenvalue weighted by Gasteiger charge is -2.23. The van der Waals surface area contributed by atoms with Gasteiger partial charge in [-0.05, 0) is 79.3 Å². The SMILES string of the molecule is Cc1cc(CN(C(=O)CCl)c2nc3c(cc2C#N)CCC3)cc2c1CCC2. The van der Waals surface area contributed by atoms with E-state index < -0.39 is 0 Å². The Hall–Kier alpha value is -2.38. The molecule has 1 aromatic heterocycles. The highest BCUT2D eigenvalue weighted by molar-refractivity contribution is 6.29. The van der Waals surface area contributed by atoms with Crippen LogP contribution in [0.15, 0.2) is 18.2 Å². The maximum Gasteiger partial charge on any atom is 0.243 e. The smallest absolute Gasteiger partial charge is 0.243 e. The molecule has 0 N–H and O–H groups in total. The van der Waals surface area contributed by atoms with Gasteiger partial charge in [0.15, 0.2) is 5.82 Å². The van der Waals surface area contributed by atoms with Gasteiger partial charge in [0, 0.05) is 5.69 Å². The number of carbonyl (C=O) groups excluding carboxylic acids is 1. The van der Waals surface area contributed by atoms with Gasteiger partial charge in [-0.25, -0.2) is 4.98 Å². The number of nitrogens with zero attached hydrogens (tertiary/aromatic N) is 3. The summed E-state index contributed by atoms with van der Waals surface area (Å²) in [5.74, 6) is 0.0896. The molecule has 2 aromatic rings. The van der Waals surface area contributed by atoms with Gasteiger partial charge in [-0.3, -0.25) is 9.69 Å². The third-order valence-corrected chi connectivity index (χ3v) is 5.89. The molecule has 138 valence electrons. The molecule has 0 saturated carbocycles. The standard InChI is InChI=1S/C22H22ClN3O/c1-14-8-15(9-16-4-2-6-19(14)16)13-26(21(27)11-23)22-18(12-24)10-17-5-3-7-20(17)25-22/h8-10H,2-7,11,13H2,1H3. The number of alkyl halides is 1. The quantitative estimate of drug-likeness (QED) is 0.754. The predicted octanol–water partition coefficient (Wildman–Crippen LogP) is 4.01.